The minimum absolute atomic E-state index is 0.334. The fourth-order valence-corrected chi connectivity index (χ4v) is 4.37. The van der Waals surface area contributed by atoms with E-state index in [1.54, 1.807) is 33.1 Å². The van der Waals surface area contributed by atoms with Gasteiger partial charge in [0.05, 0.1) is 12.0 Å². The third-order valence-corrected chi connectivity index (χ3v) is 5.65. The molecule has 0 fully saturated rings. The monoisotopic (exact) mass is 336 g/mol. The van der Waals surface area contributed by atoms with Crippen molar-refractivity contribution in [3.05, 3.63) is 46.3 Å². The molecule has 0 bridgehead atoms. The Kier molecular flexibility index (Phi) is 5.16. The molecule has 0 saturated heterocycles. The van der Waals surface area contributed by atoms with Crippen molar-refractivity contribution in [3.8, 4) is 5.75 Å². The van der Waals surface area contributed by atoms with Crippen LogP contribution in [0.5, 0.6) is 5.75 Å². The summed E-state index contributed by atoms with van der Waals surface area (Å²) in [6, 6.07) is 5.52. The lowest BCUT2D eigenvalue weighted by Crippen LogP contribution is -2.27. The number of benzene rings is 1. The van der Waals surface area contributed by atoms with Gasteiger partial charge in [0.25, 0.3) is 0 Å². The first-order valence-corrected chi connectivity index (χ1v) is 9.03. The molecule has 0 aliphatic rings. The molecule has 2 N–H and O–H groups in total. The average Bonchev–Trinajstić information content (AvgIpc) is 2.75. The highest BCUT2D eigenvalue weighted by molar-refractivity contribution is 7.89. The molecule has 2 aromatic rings. The molecule has 0 unspecified atom stereocenters. The van der Waals surface area contributed by atoms with E-state index < -0.39 is 10.0 Å². The lowest BCUT2D eigenvalue weighted by atomic mass is 10.1. The normalized spacial score (nSPS) is 11.7. The molecule has 2 rings (SSSR count). The van der Waals surface area contributed by atoms with Crippen molar-refractivity contribution in [3.63, 3.8) is 0 Å². The van der Waals surface area contributed by atoms with Crippen molar-refractivity contribution >= 4 is 10.0 Å². The van der Waals surface area contributed by atoms with Crippen LogP contribution in [0.25, 0.3) is 0 Å². The highest BCUT2D eigenvalue weighted by Gasteiger charge is 2.20. The third-order valence-electron chi connectivity index (χ3n) is 3.88. The van der Waals surface area contributed by atoms with Crippen LogP contribution >= 0.6 is 0 Å². The summed E-state index contributed by atoms with van der Waals surface area (Å²) < 4.78 is 33.1. The van der Waals surface area contributed by atoms with Gasteiger partial charge >= 0.3 is 0 Å². The minimum atomic E-state index is -3.54. The van der Waals surface area contributed by atoms with E-state index >= 15 is 0 Å². The van der Waals surface area contributed by atoms with Gasteiger partial charge in [-0.25, -0.2) is 13.1 Å². The van der Waals surface area contributed by atoms with Gasteiger partial charge in [0.1, 0.15) is 5.75 Å². The molecule has 0 spiro atoms. The van der Waals surface area contributed by atoms with Gasteiger partial charge in [-0.1, -0.05) is 0 Å². The molecular weight excluding hydrogens is 312 g/mol. The molecule has 1 heterocycles. The lowest BCUT2D eigenvalue weighted by molar-refractivity contribution is 0.413. The van der Waals surface area contributed by atoms with E-state index in [9.17, 15) is 8.42 Å². The van der Waals surface area contributed by atoms with Crippen LogP contribution in [0.4, 0.5) is 0 Å². The average molecular weight is 336 g/mol. The summed E-state index contributed by atoms with van der Waals surface area (Å²) in [5, 5.41) is 0. The predicted molar refractivity (Wildman–Crippen MR) is 91.6 cm³/mol. The molecule has 1 aromatic heterocycles. The second kappa shape index (κ2) is 6.76. The number of rotatable bonds is 6. The van der Waals surface area contributed by atoms with Crippen LogP contribution in [0.1, 0.15) is 28.1 Å². The van der Waals surface area contributed by atoms with Gasteiger partial charge in [-0.05, 0) is 69.0 Å². The number of H-pyrrole nitrogens is 1. The Bertz CT molecular complexity index is 784. The molecule has 0 radical (unpaired) electrons. The van der Waals surface area contributed by atoms with Gasteiger partial charge in [-0.3, -0.25) is 0 Å². The summed E-state index contributed by atoms with van der Waals surface area (Å²) in [6.45, 7) is 7.91. The Labute approximate surface area is 138 Å². The van der Waals surface area contributed by atoms with E-state index in [-0.39, 0.29) is 0 Å². The fraction of sp³-hybridized carbons (Fsp3) is 0.412. The molecule has 6 heteroatoms. The van der Waals surface area contributed by atoms with Gasteiger partial charge in [0.2, 0.25) is 10.0 Å². The zero-order valence-electron chi connectivity index (χ0n) is 14.3. The Morgan fingerprint density at radius 3 is 2.17 bits per heavy atom. The summed E-state index contributed by atoms with van der Waals surface area (Å²) in [5.74, 6) is 0.664. The van der Waals surface area contributed by atoms with Crippen LogP contribution in [0.2, 0.25) is 0 Å². The summed E-state index contributed by atoms with van der Waals surface area (Å²) in [5.41, 5.74) is 4.67. The first-order valence-electron chi connectivity index (χ1n) is 7.54. The SMILES string of the molecule is COc1cc(C)c(S(=O)(=O)NCCc2cc(C)[nH]c2C)c(C)c1. The largest absolute Gasteiger partial charge is 0.497 e. The van der Waals surface area contributed by atoms with E-state index in [1.807, 2.05) is 19.9 Å². The number of aromatic nitrogens is 1. The number of hydrogen-bond donors (Lipinski definition) is 2. The maximum Gasteiger partial charge on any atom is 0.241 e. The summed E-state index contributed by atoms with van der Waals surface area (Å²) >= 11 is 0. The predicted octanol–water partition coefficient (Wildman–Crippen LogP) is 2.78. The Hall–Kier alpha value is -1.79. The third kappa shape index (κ3) is 3.95. The van der Waals surface area contributed by atoms with Crippen molar-refractivity contribution in [2.24, 2.45) is 0 Å². The standard InChI is InChI=1S/C17H24N2O3S/c1-11-8-16(22-5)9-12(2)17(11)23(20,21)18-7-6-15-10-13(3)19-14(15)4/h8-10,18-19H,6-7H2,1-5H3. The van der Waals surface area contributed by atoms with E-state index in [0.29, 0.717) is 34.7 Å². The van der Waals surface area contributed by atoms with Crippen LogP contribution in [-0.2, 0) is 16.4 Å². The molecule has 1 aromatic carbocycles. The van der Waals surface area contributed by atoms with Crippen LogP contribution in [0, 0.1) is 27.7 Å². The smallest absolute Gasteiger partial charge is 0.241 e. The van der Waals surface area contributed by atoms with Crippen LogP contribution < -0.4 is 9.46 Å². The molecule has 0 amide bonds. The highest BCUT2D eigenvalue weighted by Crippen LogP contribution is 2.25. The molecule has 0 aliphatic carbocycles. The van der Waals surface area contributed by atoms with Crippen molar-refractivity contribution in [2.45, 2.75) is 39.0 Å². The number of sulfonamides is 1. The molecule has 126 valence electrons. The van der Waals surface area contributed by atoms with E-state index in [1.165, 1.54) is 0 Å². The van der Waals surface area contributed by atoms with Crippen LogP contribution in [0.3, 0.4) is 0 Å². The quantitative estimate of drug-likeness (QED) is 0.852. The van der Waals surface area contributed by atoms with Gasteiger partial charge in [-0.15, -0.1) is 0 Å². The number of nitrogens with one attached hydrogen (secondary N) is 2. The molecular formula is C17H24N2O3S. The Morgan fingerprint density at radius 1 is 1.09 bits per heavy atom. The van der Waals surface area contributed by atoms with Gasteiger partial charge in [-0.2, -0.15) is 0 Å². The first kappa shape index (κ1) is 17.6. The van der Waals surface area contributed by atoms with E-state index in [0.717, 1.165) is 17.0 Å². The topological polar surface area (TPSA) is 71.2 Å². The second-order valence-electron chi connectivity index (χ2n) is 5.84. The van der Waals surface area contributed by atoms with Crippen LogP contribution in [0.15, 0.2) is 23.1 Å². The van der Waals surface area contributed by atoms with Gasteiger partial charge in [0.15, 0.2) is 0 Å². The highest BCUT2D eigenvalue weighted by atomic mass is 32.2. The zero-order valence-corrected chi connectivity index (χ0v) is 15.1. The van der Waals surface area contributed by atoms with Crippen molar-refractivity contribution in [1.82, 2.24) is 9.71 Å². The Balaban J connectivity index is 2.15. The maximum absolute atomic E-state index is 12.6. The first-order chi connectivity index (χ1) is 10.7. The molecule has 23 heavy (non-hydrogen) atoms. The maximum atomic E-state index is 12.6. The molecule has 0 aliphatic heterocycles. The molecule has 5 nitrogen and oxygen atoms in total. The van der Waals surface area contributed by atoms with Gasteiger partial charge in [0, 0.05) is 17.9 Å². The Morgan fingerprint density at radius 2 is 1.70 bits per heavy atom. The van der Waals surface area contributed by atoms with Gasteiger partial charge < -0.3 is 9.72 Å². The summed E-state index contributed by atoms with van der Waals surface area (Å²) in [4.78, 5) is 3.56. The van der Waals surface area contributed by atoms with Crippen LogP contribution in [-0.4, -0.2) is 27.1 Å². The zero-order chi connectivity index (χ0) is 17.2. The van der Waals surface area contributed by atoms with E-state index in [2.05, 4.69) is 9.71 Å². The molecule has 0 saturated carbocycles. The number of aromatic amines is 1. The van der Waals surface area contributed by atoms with Crippen molar-refractivity contribution in [2.75, 3.05) is 13.7 Å². The number of aryl methyl sites for hydroxylation is 4. The second-order valence-corrected chi connectivity index (χ2v) is 7.54. The van der Waals surface area contributed by atoms with Crippen molar-refractivity contribution in [1.29, 1.82) is 0 Å². The number of hydrogen-bond acceptors (Lipinski definition) is 3. The number of ether oxygens (including phenoxy) is 1. The lowest BCUT2D eigenvalue weighted by Gasteiger charge is -2.13. The minimum Gasteiger partial charge on any atom is -0.497 e. The summed E-state index contributed by atoms with van der Waals surface area (Å²) in [6.07, 6.45) is 0.656. The van der Waals surface area contributed by atoms with E-state index in [4.69, 9.17) is 4.74 Å². The summed E-state index contributed by atoms with van der Waals surface area (Å²) in [7, 11) is -1.97. The fourth-order valence-electron chi connectivity index (χ4n) is 2.89. The van der Waals surface area contributed by atoms with Crippen molar-refractivity contribution < 1.29 is 13.2 Å². The number of methoxy groups -OCH3 is 1. The molecule has 0 atom stereocenters.